The van der Waals surface area contributed by atoms with Crippen LogP contribution in [0.15, 0.2) is 56.8 Å². The van der Waals surface area contributed by atoms with Crippen LogP contribution >= 0.6 is 15.9 Å². The molecule has 4 nitrogen and oxygen atoms in total. The van der Waals surface area contributed by atoms with Gasteiger partial charge >= 0.3 is 0 Å². The van der Waals surface area contributed by atoms with Gasteiger partial charge in [0.2, 0.25) is 0 Å². The molecule has 0 saturated heterocycles. The molecule has 1 heterocycles. The van der Waals surface area contributed by atoms with Crippen molar-refractivity contribution in [3.63, 3.8) is 0 Å². The number of rotatable bonds is 2. The molecule has 0 saturated carbocycles. The van der Waals surface area contributed by atoms with Gasteiger partial charge in [-0.05, 0) is 24.3 Å². The van der Waals surface area contributed by atoms with Crippen molar-refractivity contribution in [1.82, 2.24) is 4.31 Å². The molecule has 0 N–H and O–H groups in total. The van der Waals surface area contributed by atoms with Gasteiger partial charge in [-0.25, -0.2) is 17.8 Å². The van der Waals surface area contributed by atoms with Crippen LogP contribution in [0.1, 0.15) is 5.56 Å². The molecule has 0 unspecified atom stereocenters. The van der Waals surface area contributed by atoms with Crippen LogP contribution in [0.5, 0.6) is 0 Å². The normalized spacial score (nSPS) is 15.8. The lowest BCUT2D eigenvalue weighted by Crippen LogP contribution is -2.31. The fraction of sp³-hybridized carbons (Fsp3) is 0.0714. The van der Waals surface area contributed by atoms with Crippen molar-refractivity contribution in [3.05, 3.63) is 58.3 Å². The molecule has 0 aromatic heterocycles. The maximum atomic E-state index is 13.9. The summed E-state index contributed by atoms with van der Waals surface area (Å²) in [5.74, 6) is -0.466. The van der Waals surface area contributed by atoms with Crippen LogP contribution in [-0.4, -0.2) is 19.1 Å². The van der Waals surface area contributed by atoms with E-state index in [1.165, 1.54) is 18.5 Å². The SMILES string of the molecule is O=S1(=O)c2ccccc2N=CN1Cc1ccc(Br)cc1F. The number of nitrogens with zero attached hydrogens (tertiary/aromatic N) is 2. The monoisotopic (exact) mass is 368 g/mol. The molecule has 1 aliphatic heterocycles. The number of halogens is 2. The number of fused-ring (bicyclic) bond motifs is 1. The standard InChI is InChI=1S/C14H10BrFN2O2S/c15-11-6-5-10(12(16)7-11)8-18-9-17-13-3-1-2-4-14(13)21(18,19)20/h1-7,9H,8H2. The molecule has 0 bridgehead atoms. The molecule has 0 amide bonds. The molecular weight excluding hydrogens is 359 g/mol. The fourth-order valence-corrected chi connectivity index (χ4v) is 3.74. The first-order chi connectivity index (χ1) is 9.98. The first-order valence-corrected chi connectivity index (χ1v) is 8.31. The molecular formula is C14H10BrFN2O2S. The van der Waals surface area contributed by atoms with Gasteiger partial charge in [-0.3, -0.25) is 4.31 Å². The van der Waals surface area contributed by atoms with E-state index < -0.39 is 15.8 Å². The largest absolute Gasteiger partial charge is 0.267 e. The lowest BCUT2D eigenvalue weighted by molar-refractivity contribution is 0.510. The van der Waals surface area contributed by atoms with Crippen molar-refractivity contribution >= 4 is 38.0 Å². The van der Waals surface area contributed by atoms with Crippen molar-refractivity contribution in [1.29, 1.82) is 0 Å². The van der Waals surface area contributed by atoms with Crippen molar-refractivity contribution in [2.75, 3.05) is 0 Å². The highest BCUT2D eigenvalue weighted by Crippen LogP contribution is 2.31. The Balaban J connectivity index is 1.98. The highest BCUT2D eigenvalue weighted by Gasteiger charge is 2.28. The molecule has 21 heavy (non-hydrogen) atoms. The molecule has 1 aliphatic rings. The van der Waals surface area contributed by atoms with Gasteiger partial charge < -0.3 is 0 Å². The molecule has 7 heteroatoms. The highest BCUT2D eigenvalue weighted by atomic mass is 79.9. The minimum absolute atomic E-state index is 0.0979. The van der Waals surface area contributed by atoms with Gasteiger partial charge in [-0.15, -0.1) is 0 Å². The van der Waals surface area contributed by atoms with Gasteiger partial charge in [0.25, 0.3) is 10.0 Å². The Morgan fingerprint density at radius 1 is 1.19 bits per heavy atom. The van der Waals surface area contributed by atoms with Crippen molar-refractivity contribution in [2.24, 2.45) is 4.99 Å². The average Bonchev–Trinajstić information content (AvgIpc) is 2.44. The van der Waals surface area contributed by atoms with Crippen LogP contribution in [-0.2, 0) is 16.6 Å². The second kappa shape index (κ2) is 5.23. The van der Waals surface area contributed by atoms with E-state index in [0.717, 1.165) is 4.31 Å². The smallest absolute Gasteiger partial charge is 0.252 e. The first kappa shape index (κ1) is 14.2. The Kier molecular flexibility index (Phi) is 3.54. The summed E-state index contributed by atoms with van der Waals surface area (Å²) in [5, 5.41) is 0. The summed E-state index contributed by atoms with van der Waals surface area (Å²) in [6, 6.07) is 11.0. The zero-order chi connectivity index (χ0) is 15.0. The molecule has 0 radical (unpaired) electrons. The minimum atomic E-state index is -3.70. The number of hydrogen-bond acceptors (Lipinski definition) is 3. The van der Waals surface area contributed by atoms with E-state index in [4.69, 9.17) is 0 Å². The van der Waals surface area contributed by atoms with Crippen LogP contribution in [0.25, 0.3) is 0 Å². The van der Waals surface area contributed by atoms with Gasteiger partial charge in [0.15, 0.2) is 0 Å². The van der Waals surface area contributed by atoms with Crippen LogP contribution in [0.4, 0.5) is 10.1 Å². The summed E-state index contributed by atoms with van der Waals surface area (Å²) >= 11 is 3.17. The van der Waals surface area contributed by atoms with Crippen molar-refractivity contribution in [3.8, 4) is 0 Å². The molecule has 3 rings (SSSR count). The number of para-hydroxylation sites is 1. The highest BCUT2D eigenvalue weighted by molar-refractivity contribution is 9.10. The van der Waals surface area contributed by atoms with Gasteiger partial charge in [0.05, 0.1) is 12.2 Å². The molecule has 0 atom stereocenters. The third kappa shape index (κ3) is 2.58. The van der Waals surface area contributed by atoms with E-state index in [0.29, 0.717) is 10.2 Å². The predicted octanol–water partition coefficient (Wildman–Crippen LogP) is 3.45. The second-order valence-electron chi connectivity index (χ2n) is 4.50. The van der Waals surface area contributed by atoms with E-state index in [1.807, 2.05) is 0 Å². The maximum absolute atomic E-state index is 13.9. The van der Waals surface area contributed by atoms with Gasteiger partial charge in [0, 0.05) is 10.0 Å². The summed E-state index contributed by atoms with van der Waals surface area (Å²) in [5.41, 5.74) is 0.678. The zero-order valence-corrected chi connectivity index (χ0v) is 13.1. The summed E-state index contributed by atoms with van der Waals surface area (Å²) in [6.07, 6.45) is 1.22. The number of hydrogen-bond donors (Lipinski definition) is 0. The number of benzene rings is 2. The lowest BCUT2D eigenvalue weighted by atomic mass is 10.2. The third-order valence-electron chi connectivity index (χ3n) is 3.12. The summed E-state index contributed by atoms with van der Waals surface area (Å²) in [7, 11) is -3.70. The molecule has 2 aromatic rings. The Morgan fingerprint density at radius 3 is 2.71 bits per heavy atom. The Labute approximate surface area is 130 Å². The average molecular weight is 369 g/mol. The van der Waals surface area contributed by atoms with Crippen LogP contribution in [0.3, 0.4) is 0 Å². The molecule has 2 aromatic carbocycles. The van der Waals surface area contributed by atoms with Crippen LogP contribution in [0, 0.1) is 5.82 Å². The molecule has 0 spiro atoms. The lowest BCUT2D eigenvalue weighted by Gasteiger charge is -2.24. The van der Waals surface area contributed by atoms with E-state index in [9.17, 15) is 12.8 Å². The Bertz CT molecular complexity index is 837. The molecule has 0 aliphatic carbocycles. The molecule has 108 valence electrons. The van der Waals surface area contributed by atoms with Gasteiger partial charge in [-0.1, -0.05) is 34.1 Å². The van der Waals surface area contributed by atoms with E-state index in [1.54, 1.807) is 30.3 Å². The van der Waals surface area contributed by atoms with E-state index in [2.05, 4.69) is 20.9 Å². The van der Waals surface area contributed by atoms with E-state index >= 15 is 0 Å². The third-order valence-corrected chi connectivity index (χ3v) is 5.35. The maximum Gasteiger partial charge on any atom is 0.267 e. The first-order valence-electron chi connectivity index (χ1n) is 6.07. The summed E-state index contributed by atoms with van der Waals surface area (Å²) in [4.78, 5) is 4.23. The summed E-state index contributed by atoms with van der Waals surface area (Å²) < 4.78 is 40.5. The summed E-state index contributed by atoms with van der Waals surface area (Å²) in [6.45, 7) is -0.0979. The van der Waals surface area contributed by atoms with Crippen LogP contribution in [0.2, 0.25) is 0 Å². The fourth-order valence-electron chi connectivity index (χ4n) is 2.04. The second-order valence-corrected chi connectivity index (χ2v) is 7.27. The number of sulfonamides is 1. The predicted molar refractivity (Wildman–Crippen MR) is 81.4 cm³/mol. The van der Waals surface area contributed by atoms with E-state index in [-0.39, 0.29) is 17.0 Å². The van der Waals surface area contributed by atoms with Crippen molar-refractivity contribution in [2.45, 2.75) is 11.4 Å². The zero-order valence-electron chi connectivity index (χ0n) is 10.7. The molecule has 0 fully saturated rings. The quantitative estimate of drug-likeness (QED) is 0.814. The topological polar surface area (TPSA) is 49.7 Å². The Morgan fingerprint density at radius 2 is 1.95 bits per heavy atom. The van der Waals surface area contributed by atoms with Crippen LogP contribution < -0.4 is 0 Å². The number of aliphatic imine (C=N–C) groups is 1. The van der Waals surface area contributed by atoms with Gasteiger partial charge in [-0.2, -0.15) is 0 Å². The van der Waals surface area contributed by atoms with Crippen molar-refractivity contribution < 1.29 is 12.8 Å². The Hall–Kier alpha value is -1.73. The minimum Gasteiger partial charge on any atom is -0.252 e. The van der Waals surface area contributed by atoms with Gasteiger partial charge in [0.1, 0.15) is 17.1 Å².